The van der Waals surface area contributed by atoms with Gasteiger partial charge in [-0.2, -0.15) is 0 Å². The number of carbonyl (C=O) groups excluding carboxylic acids is 1. The van der Waals surface area contributed by atoms with Gasteiger partial charge in [-0.15, -0.1) is 0 Å². The Labute approximate surface area is 120 Å². The van der Waals surface area contributed by atoms with E-state index in [1.807, 2.05) is 19.1 Å². The number of piperidine rings is 1. The van der Waals surface area contributed by atoms with Crippen LogP contribution in [0.5, 0.6) is 0 Å². The second-order valence-electron chi connectivity index (χ2n) is 5.15. The molecule has 4 heteroatoms. The van der Waals surface area contributed by atoms with Crippen LogP contribution in [0.25, 0.3) is 0 Å². The molecular formula is C16H23N3O. The summed E-state index contributed by atoms with van der Waals surface area (Å²) in [5, 5.41) is 5.70. The number of amides is 2. The molecule has 0 atom stereocenters. The molecule has 0 unspecified atom stereocenters. The summed E-state index contributed by atoms with van der Waals surface area (Å²) in [4.78, 5) is 14.0. The Hall–Kier alpha value is -1.81. The minimum Gasteiger partial charge on any atom is -0.335 e. The van der Waals surface area contributed by atoms with Crippen LogP contribution >= 0.6 is 0 Å². The second-order valence-corrected chi connectivity index (χ2v) is 5.15. The molecular weight excluding hydrogens is 250 g/mol. The van der Waals surface area contributed by atoms with Crippen LogP contribution < -0.4 is 10.6 Å². The first-order valence-corrected chi connectivity index (χ1v) is 7.22. The molecule has 0 radical (unpaired) electrons. The average molecular weight is 273 g/mol. The minimum absolute atomic E-state index is 0.107. The zero-order valence-electron chi connectivity index (χ0n) is 12.0. The smallest absolute Gasteiger partial charge is 0.318 e. The van der Waals surface area contributed by atoms with Gasteiger partial charge < -0.3 is 10.6 Å². The Balaban J connectivity index is 1.71. The molecule has 1 heterocycles. The van der Waals surface area contributed by atoms with Crippen molar-refractivity contribution >= 4 is 6.03 Å². The van der Waals surface area contributed by atoms with Gasteiger partial charge in [-0.1, -0.05) is 36.4 Å². The predicted molar refractivity (Wildman–Crippen MR) is 81.2 cm³/mol. The number of hydrogen-bond donors (Lipinski definition) is 2. The van der Waals surface area contributed by atoms with Gasteiger partial charge in [0.05, 0.1) is 0 Å². The second kappa shape index (κ2) is 7.70. The Morgan fingerprint density at radius 2 is 2.00 bits per heavy atom. The van der Waals surface area contributed by atoms with Crippen molar-refractivity contribution in [3.8, 4) is 0 Å². The SMILES string of the molecule is C/C=C/NC(=O)NC1CCN(Cc2ccccc2)CC1. The lowest BCUT2D eigenvalue weighted by Gasteiger charge is -2.32. The molecule has 1 aromatic carbocycles. The summed E-state index contributed by atoms with van der Waals surface area (Å²) in [5.41, 5.74) is 1.35. The van der Waals surface area contributed by atoms with Gasteiger partial charge in [-0.05, 0) is 25.3 Å². The van der Waals surface area contributed by atoms with Gasteiger partial charge in [0.15, 0.2) is 0 Å². The fourth-order valence-electron chi connectivity index (χ4n) is 2.46. The number of urea groups is 1. The number of nitrogens with one attached hydrogen (secondary N) is 2. The third-order valence-corrected chi connectivity index (χ3v) is 3.55. The summed E-state index contributed by atoms with van der Waals surface area (Å²) in [6.07, 6.45) is 5.48. The topological polar surface area (TPSA) is 44.4 Å². The molecule has 1 saturated heterocycles. The maximum atomic E-state index is 11.6. The highest BCUT2D eigenvalue weighted by Crippen LogP contribution is 2.13. The van der Waals surface area contributed by atoms with Crippen LogP contribution in [0.4, 0.5) is 4.79 Å². The highest BCUT2D eigenvalue weighted by atomic mass is 16.2. The quantitative estimate of drug-likeness (QED) is 0.885. The Bertz CT molecular complexity index is 436. The van der Waals surface area contributed by atoms with E-state index in [2.05, 4.69) is 39.8 Å². The lowest BCUT2D eigenvalue weighted by molar-refractivity contribution is 0.187. The van der Waals surface area contributed by atoms with E-state index in [9.17, 15) is 4.79 Å². The van der Waals surface area contributed by atoms with Crippen molar-refractivity contribution in [3.63, 3.8) is 0 Å². The van der Waals surface area contributed by atoms with Crippen molar-refractivity contribution < 1.29 is 4.79 Å². The molecule has 108 valence electrons. The number of allylic oxidation sites excluding steroid dienone is 1. The van der Waals surface area contributed by atoms with E-state index in [0.717, 1.165) is 32.5 Å². The van der Waals surface area contributed by atoms with Gasteiger partial charge in [0.25, 0.3) is 0 Å². The zero-order chi connectivity index (χ0) is 14.2. The monoisotopic (exact) mass is 273 g/mol. The first kappa shape index (κ1) is 14.6. The third kappa shape index (κ3) is 4.70. The van der Waals surface area contributed by atoms with E-state index in [1.165, 1.54) is 5.56 Å². The van der Waals surface area contributed by atoms with Gasteiger partial charge in [0.1, 0.15) is 0 Å². The highest BCUT2D eigenvalue weighted by molar-refractivity contribution is 5.75. The number of carbonyl (C=O) groups is 1. The molecule has 1 fully saturated rings. The number of likely N-dealkylation sites (tertiary alicyclic amines) is 1. The number of benzene rings is 1. The number of rotatable bonds is 4. The molecule has 0 bridgehead atoms. The lowest BCUT2D eigenvalue weighted by Crippen LogP contribution is -2.46. The van der Waals surface area contributed by atoms with Gasteiger partial charge in [0, 0.05) is 31.9 Å². The van der Waals surface area contributed by atoms with Crippen LogP contribution in [-0.2, 0) is 6.54 Å². The van der Waals surface area contributed by atoms with Crippen molar-refractivity contribution in [2.75, 3.05) is 13.1 Å². The normalized spacial score (nSPS) is 17.2. The molecule has 1 aliphatic heterocycles. The van der Waals surface area contributed by atoms with E-state index in [1.54, 1.807) is 6.20 Å². The highest BCUT2D eigenvalue weighted by Gasteiger charge is 2.20. The summed E-state index contributed by atoms with van der Waals surface area (Å²) >= 11 is 0. The third-order valence-electron chi connectivity index (χ3n) is 3.55. The summed E-state index contributed by atoms with van der Waals surface area (Å²) in [7, 11) is 0. The van der Waals surface area contributed by atoms with E-state index in [4.69, 9.17) is 0 Å². The van der Waals surface area contributed by atoms with Crippen LogP contribution in [0.3, 0.4) is 0 Å². The van der Waals surface area contributed by atoms with Crippen LogP contribution in [0, 0.1) is 0 Å². The maximum absolute atomic E-state index is 11.6. The largest absolute Gasteiger partial charge is 0.335 e. The number of hydrogen-bond acceptors (Lipinski definition) is 2. The molecule has 0 aromatic heterocycles. The van der Waals surface area contributed by atoms with Crippen LogP contribution in [-0.4, -0.2) is 30.1 Å². The molecule has 0 saturated carbocycles. The summed E-state index contributed by atoms with van der Waals surface area (Å²) in [6.45, 7) is 4.94. The van der Waals surface area contributed by atoms with Gasteiger partial charge in [0.2, 0.25) is 0 Å². The van der Waals surface area contributed by atoms with Crippen LogP contribution in [0.1, 0.15) is 25.3 Å². The van der Waals surface area contributed by atoms with Gasteiger partial charge in [-0.3, -0.25) is 4.90 Å². The van der Waals surface area contributed by atoms with Gasteiger partial charge in [-0.25, -0.2) is 4.79 Å². The molecule has 4 nitrogen and oxygen atoms in total. The molecule has 1 aliphatic rings. The molecule has 2 amide bonds. The predicted octanol–water partition coefficient (Wildman–Crippen LogP) is 2.48. The van der Waals surface area contributed by atoms with Crippen LogP contribution in [0.15, 0.2) is 42.6 Å². The summed E-state index contributed by atoms with van der Waals surface area (Å²) < 4.78 is 0. The molecule has 0 aliphatic carbocycles. The van der Waals surface area contributed by atoms with E-state index in [0.29, 0.717) is 0 Å². The van der Waals surface area contributed by atoms with E-state index in [-0.39, 0.29) is 12.1 Å². The lowest BCUT2D eigenvalue weighted by atomic mass is 10.0. The first-order valence-electron chi connectivity index (χ1n) is 7.22. The van der Waals surface area contributed by atoms with E-state index >= 15 is 0 Å². The van der Waals surface area contributed by atoms with Crippen molar-refractivity contribution in [1.82, 2.24) is 15.5 Å². The Morgan fingerprint density at radius 1 is 1.30 bits per heavy atom. The first-order chi connectivity index (χ1) is 9.78. The fraction of sp³-hybridized carbons (Fsp3) is 0.438. The van der Waals surface area contributed by atoms with Crippen LogP contribution in [0.2, 0.25) is 0 Å². The van der Waals surface area contributed by atoms with Crippen molar-refractivity contribution in [2.24, 2.45) is 0 Å². The van der Waals surface area contributed by atoms with Crippen molar-refractivity contribution in [1.29, 1.82) is 0 Å². The maximum Gasteiger partial charge on any atom is 0.318 e. The standard InChI is InChI=1S/C16H23N3O/c1-2-10-17-16(20)18-15-8-11-19(12-9-15)13-14-6-4-3-5-7-14/h2-7,10,15H,8-9,11-13H2,1H3,(H2,17,18,20)/b10-2+. The molecule has 0 spiro atoms. The van der Waals surface area contributed by atoms with Crippen molar-refractivity contribution in [3.05, 3.63) is 48.2 Å². The molecule has 20 heavy (non-hydrogen) atoms. The molecule has 1 aromatic rings. The fourth-order valence-corrected chi connectivity index (χ4v) is 2.46. The summed E-state index contributed by atoms with van der Waals surface area (Å²) in [5.74, 6) is 0. The number of nitrogens with zero attached hydrogens (tertiary/aromatic N) is 1. The van der Waals surface area contributed by atoms with E-state index < -0.39 is 0 Å². The molecule has 2 N–H and O–H groups in total. The molecule has 2 rings (SSSR count). The Kier molecular flexibility index (Phi) is 5.62. The zero-order valence-corrected chi connectivity index (χ0v) is 12.0. The summed E-state index contributed by atoms with van der Waals surface area (Å²) in [6, 6.07) is 10.7. The average Bonchev–Trinajstić information content (AvgIpc) is 2.48. The minimum atomic E-state index is -0.107. The van der Waals surface area contributed by atoms with Gasteiger partial charge >= 0.3 is 6.03 Å². The Morgan fingerprint density at radius 3 is 2.65 bits per heavy atom. The van der Waals surface area contributed by atoms with Crippen molar-refractivity contribution in [2.45, 2.75) is 32.4 Å².